The van der Waals surface area contributed by atoms with E-state index in [-0.39, 0.29) is 11.9 Å². The minimum Gasteiger partial charge on any atom is -0.494 e. The lowest BCUT2D eigenvalue weighted by Gasteiger charge is -2.29. The Kier molecular flexibility index (Phi) is 15.1. The summed E-state index contributed by atoms with van der Waals surface area (Å²) in [6, 6.07) is 21.6. The molecule has 0 saturated carbocycles. The van der Waals surface area contributed by atoms with Crippen molar-refractivity contribution in [2.75, 3.05) is 30.5 Å². The molecule has 0 aliphatic carbocycles. The molecule has 3 aromatic carbocycles. The Labute approximate surface area is 382 Å². The summed E-state index contributed by atoms with van der Waals surface area (Å²) in [5, 5.41) is 4.90. The van der Waals surface area contributed by atoms with Crippen LogP contribution in [0.25, 0.3) is 21.5 Å². The third kappa shape index (κ3) is 12.0. The predicted octanol–water partition coefficient (Wildman–Crippen LogP) is 11.6. The van der Waals surface area contributed by atoms with Crippen molar-refractivity contribution < 1.29 is 28.6 Å². The number of rotatable bonds is 18. The number of fused-ring (bicyclic) bond motifs is 2. The zero-order chi connectivity index (χ0) is 44.5. The maximum Gasteiger partial charge on any atom is 0.357 e. The lowest BCUT2D eigenvalue weighted by Crippen LogP contribution is -2.32. The number of benzene rings is 3. The fraction of sp³-hybridized carbons (Fsp3) is 0.388. The number of hydrogen-bond donors (Lipinski definition) is 1. The minimum absolute atomic E-state index is 0.126. The molecule has 0 saturated heterocycles. The highest BCUT2D eigenvalue weighted by Crippen LogP contribution is 2.35. The SMILES string of the molecule is COC(=O)c1nc(N2CCc3cccc(C(=O)Nc4nc5ccccc5s4)c3C2)sc1CCCOc1ccc(-c2ncc(CCCCCCCC(=O)OC(C)(C)C)cc2Cl)c(C)c1. The van der Waals surface area contributed by atoms with Crippen molar-refractivity contribution in [3.8, 4) is 17.0 Å². The Morgan fingerprint density at radius 2 is 1.71 bits per heavy atom. The van der Waals surface area contributed by atoms with Gasteiger partial charge >= 0.3 is 11.9 Å². The molecular formula is C49H54ClN5O6S2. The van der Waals surface area contributed by atoms with Crippen LogP contribution < -0.4 is 15.0 Å². The molecule has 6 aromatic rings. The van der Waals surface area contributed by atoms with Crippen molar-refractivity contribution in [1.82, 2.24) is 15.0 Å². The summed E-state index contributed by atoms with van der Waals surface area (Å²) in [6.07, 6.45) is 10.3. The molecule has 0 unspecified atom stereocenters. The summed E-state index contributed by atoms with van der Waals surface area (Å²) in [7, 11) is 1.37. The number of aryl methyl sites for hydroxylation is 3. The van der Waals surface area contributed by atoms with Gasteiger partial charge in [0.2, 0.25) is 0 Å². The number of esters is 2. The van der Waals surface area contributed by atoms with Crippen LogP contribution in [0.3, 0.4) is 0 Å². The summed E-state index contributed by atoms with van der Waals surface area (Å²) in [5.74, 6) is -0.0642. The van der Waals surface area contributed by atoms with E-state index in [2.05, 4.69) is 21.3 Å². The standard InChI is InChI=1S/C49H54ClN5O6S2/c1-31-27-34(22-23-35(31)43-38(50)28-32(29-51-43)15-9-7-6-8-10-21-42(56)61-49(2,3)4)60-26-14-20-41-44(46(58)59-5)53-48(63-41)55-25-24-33-16-13-17-36(37(33)30-55)45(57)54-47-52-39-18-11-12-19-40(39)62-47/h11-13,16-19,22-23,27-29H,6-10,14-15,20-21,24-26,30H2,1-5H3,(H,52,54,57). The van der Waals surface area contributed by atoms with Crippen molar-refractivity contribution in [1.29, 1.82) is 0 Å². The molecular weight excluding hydrogens is 854 g/mol. The minimum atomic E-state index is -0.475. The van der Waals surface area contributed by atoms with E-state index in [1.165, 1.54) is 29.8 Å². The molecule has 14 heteroatoms. The molecule has 7 rings (SSSR count). The number of unbranched alkanes of at least 4 members (excludes halogenated alkanes) is 4. The van der Waals surface area contributed by atoms with E-state index in [0.717, 1.165) is 99.3 Å². The molecule has 0 fully saturated rings. The molecule has 0 spiro atoms. The first-order valence-corrected chi connectivity index (χ1v) is 23.6. The highest BCUT2D eigenvalue weighted by molar-refractivity contribution is 7.22. The summed E-state index contributed by atoms with van der Waals surface area (Å²) >= 11 is 9.70. The molecule has 330 valence electrons. The molecule has 0 atom stereocenters. The van der Waals surface area contributed by atoms with Gasteiger partial charge in [-0.15, -0.1) is 11.3 Å². The zero-order valence-corrected chi connectivity index (χ0v) is 38.9. The van der Waals surface area contributed by atoms with Crippen LogP contribution in [0.15, 0.2) is 72.9 Å². The number of hydrogen-bond acceptors (Lipinski definition) is 12. The second-order valence-corrected chi connectivity index (χ2v) is 19.3. The first-order valence-electron chi connectivity index (χ1n) is 21.6. The van der Waals surface area contributed by atoms with E-state index in [9.17, 15) is 14.4 Å². The number of methoxy groups -OCH3 is 1. The fourth-order valence-corrected chi connectivity index (χ4v) is 9.96. The quantitative estimate of drug-likeness (QED) is 0.0656. The van der Waals surface area contributed by atoms with Crippen molar-refractivity contribution in [3.63, 3.8) is 0 Å². The third-order valence-corrected chi connectivity index (χ3v) is 13.2. The molecule has 0 radical (unpaired) electrons. The maximum atomic E-state index is 13.6. The van der Waals surface area contributed by atoms with Gasteiger partial charge in [-0.2, -0.15) is 0 Å². The first kappa shape index (κ1) is 45.6. The number of carbonyl (C=O) groups is 3. The topological polar surface area (TPSA) is 133 Å². The third-order valence-electron chi connectivity index (χ3n) is 10.8. The number of nitrogens with one attached hydrogen (secondary N) is 1. The molecule has 1 N–H and O–H groups in total. The van der Waals surface area contributed by atoms with Gasteiger partial charge in [0.15, 0.2) is 16.0 Å². The number of anilines is 2. The van der Waals surface area contributed by atoms with Gasteiger partial charge in [-0.05, 0) is 131 Å². The first-order chi connectivity index (χ1) is 30.3. The highest BCUT2D eigenvalue weighted by Gasteiger charge is 2.27. The number of para-hydroxylation sites is 1. The summed E-state index contributed by atoms with van der Waals surface area (Å²) in [5.41, 5.74) is 7.19. The second-order valence-electron chi connectivity index (χ2n) is 16.8. The van der Waals surface area contributed by atoms with Gasteiger partial charge in [0, 0.05) is 41.7 Å². The Bertz CT molecular complexity index is 2550. The number of pyridine rings is 1. The maximum absolute atomic E-state index is 13.6. The van der Waals surface area contributed by atoms with E-state index in [1.807, 2.05) is 94.6 Å². The summed E-state index contributed by atoms with van der Waals surface area (Å²) < 4.78 is 17.7. The number of nitrogens with zero attached hydrogens (tertiary/aromatic N) is 4. The molecule has 1 aliphatic rings. The number of amides is 1. The van der Waals surface area contributed by atoms with Crippen LogP contribution in [0.1, 0.15) is 114 Å². The Morgan fingerprint density at radius 1 is 0.905 bits per heavy atom. The zero-order valence-electron chi connectivity index (χ0n) is 36.6. The van der Waals surface area contributed by atoms with E-state index >= 15 is 0 Å². The largest absolute Gasteiger partial charge is 0.494 e. The number of ether oxygens (including phenoxy) is 3. The number of halogens is 1. The fourth-order valence-electron chi connectivity index (χ4n) is 7.70. The average Bonchev–Trinajstić information content (AvgIpc) is 3.88. The van der Waals surface area contributed by atoms with Crippen LogP contribution in [0, 0.1) is 6.92 Å². The Hall–Kier alpha value is -5.37. The van der Waals surface area contributed by atoms with Gasteiger partial charge in [0.25, 0.3) is 5.91 Å². The molecule has 11 nitrogen and oxygen atoms in total. The van der Waals surface area contributed by atoms with Crippen molar-refractivity contribution in [2.24, 2.45) is 0 Å². The van der Waals surface area contributed by atoms with Crippen LogP contribution in [0.4, 0.5) is 10.3 Å². The van der Waals surface area contributed by atoms with Gasteiger partial charge in [-0.1, -0.05) is 66.5 Å². The van der Waals surface area contributed by atoms with Crippen LogP contribution in [0.2, 0.25) is 5.02 Å². The average molecular weight is 909 g/mol. The van der Waals surface area contributed by atoms with Gasteiger partial charge in [-0.25, -0.2) is 14.8 Å². The Balaban J connectivity index is 0.903. The van der Waals surface area contributed by atoms with Crippen LogP contribution in [0.5, 0.6) is 5.75 Å². The molecule has 4 heterocycles. The van der Waals surface area contributed by atoms with Gasteiger partial charge < -0.3 is 19.1 Å². The van der Waals surface area contributed by atoms with Gasteiger partial charge in [0.1, 0.15) is 11.4 Å². The highest BCUT2D eigenvalue weighted by atomic mass is 35.5. The van der Waals surface area contributed by atoms with Gasteiger partial charge in [0.05, 0.1) is 34.6 Å². The van der Waals surface area contributed by atoms with Crippen LogP contribution in [-0.2, 0) is 40.1 Å². The van der Waals surface area contributed by atoms with E-state index in [1.54, 1.807) is 0 Å². The lowest BCUT2D eigenvalue weighted by atomic mass is 9.94. The molecule has 0 bridgehead atoms. The van der Waals surface area contributed by atoms with Crippen molar-refractivity contribution in [3.05, 3.63) is 116 Å². The van der Waals surface area contributed by atoms with Crippen molar-refractivity contribution in [2.45, 2.75) is 104 Å². The van der Waals surface area contributed by atoms with Crippen molar-refractivity contribution >= 4 is 72.6 Å². The number of carbonyl (C=O) groups excluding carboxylic acids is 3. The van der Waals surface area contributed by atoms with E-state index < -0.39 is 11.6 Å². The number of thiazole rings is 2. The molecule has 1 amide bonds. The molecule has 1 aliphatic heterocycles. The van der Waals surface area contributed by atoms with Crippen LogP contribution in [-0.4, -0.2) is 58.7 Å². The normalized spacial score (nSPS) is 12.6. The Morgan fingerprint density at radius 3 is 2.49 bits per heavy atom. The van der Waals surface area contributed by atoms with E-state index in [0.29, 0.717) is 65.5 Å². The van der Waals surface area contributed by atoms with Crippen LogP contribution >= 0.6 is 34.3 Å². The van der Waals surface area contributed by atoms with E-state index in [4.69, 9.17) is 35.8 Å². The summed E-state index contributed by atoms with van der Waals surface area (Å²) in [4.78, 5) is 55.5. The number of aromatic nitrogens is 3. The monoisotopic (exact) mass is 907 g/mol. The van der Waals surface area contributed by atoms with Gasteiger partial charge in [-0.3, -0.25) is 19.9 Å². The summed E-state index contributed by atoms with van der Waals surface area (Å²) in [6.45, 7) is 9.33. The molecule has 3 aromatic heterocycles. The molecule has 63 heavy (non-hydrogen) atoms. The second kappa shape index (κ2) is 20.9. The predicted molar refractivity (Wildman–Crippen MR) is 253 cm³/mol. The lowest BCUT2D eigenvalue weighted by molar-refractivity contribution is -0.154. The smallest absolute Gasteiger partial charge is 0.357 e.